The average molecular weight is 507 g/mol. The van der Waals surface area contributed by atoms with Gasteiger partial charge in [-0.2, -0.15) is 0 Å². The monoisotopic (exact) mass is 505 g/mol. The molecule has 7 heteroatoms. The van der Waals surface area contributed by atoms with Crippen LogP contribution in [0.25, 0.3) is 0 Å². The normalized spacial score (nSPS) is 18.0. The first-order chi connectivity index (χ1) is 5.79. The van der Waals surface area contributed by atoms with Crippen molar-refractivity contribution >= 4 is 0 Å². The first-order valence-corrected chi connectivity index (χ1v) is 5.30. The maximum Gasteiger partial charge on any atom is 2.00 e. The van der Waals surface area contributed by atoms with Gasteiger partial charge in [0.15, 0.2) is 0 Å². The first-order valence-electron chi connectivity index (χ1n) is 5.30. The molecule has 0 saturated heterocycles. The summed E-state index contributed by atoms with van der Waals surface area (Å²) in [5.74, 6) is 0. The van der Waals surface area contributed by atoms with Gasteiger partial charge in [0.05, 0.1) is 0 Å². The Morgan fingerprint density at radius 2 is 0.706 bits per heavy atom. The minimum absolute atomic E-state index is 0. The first kappa shape index (κ1) is 31.3. The van der Waals surface area contributed by atoms with Crippen LogP contribution in [0.1, 0.15) is 51.4 Å². The number of rotatable bonds is 0. The van der Waals surface area contributed by atoms with E-state index in [0.717, 1.165) is 0 Å². The summed E-state index contributed by atoms with van der Waals surface area (Å²) in [5, 5.41) is 0. The van der Waals surface area contributed by atoms with Gasteiger partial charge in [0.2, 0.25) is 0 Å². The van der Waals surface area contributed by atoms with E-state index in [1.807, 2.05) is 0 Å². The van der Waals surface area contributed by atoms with Crippen LogP contribution >= 0.6 is 0 Å². The second-order valence-electron chi connectivity index (χ2n) is 4.09. The predicted octanol–water partition coefficient (Wildman–Crippen LogP) is -10.2. The molecule has 0 heterocycles. The molecule has 0 aromatic rings. The molecule has 2 nitrogen and oxygen atoms in total. The molecule has 2 fully saturated rings. The molecule has 112 valence electrons. The molecule has 0 aromatic heterocycles. The Morgan fingerprint density at radius 1 is 0.529 bits per heavy atom. The second kappa shape index (κ2) is 20.1. The molecule has 0 unspecified atom stereocenters. The van der Waals surface area contributed by atoms with Crippen molar-refractivity contribution in [2.45, 2.75) is 63.5 Å². The molecule has 2 rings (SSSR count). The smallest absolute Gasteiger partial charge is 1.00 e. The van der Waals surface area contributed by atoms with Crippen molar-refractivity contribution in [2.24, 2.45) is 11.5 Å². The molecule has 2 aliphatic rings. The van der Waals surface area contributed by atoms with Gasteiger partial charge < -0.3 is 61.1 Å². The fraction of sp³-hybridized carbons (Fsp3) is 1.00. The van der Waals surface area contributed by atoms with Crippen LogP contribution in [0.4, 0.5) is 0 Å². The summed E-state index contributed by atoms with van der Waals surface area (Å²) in [6.07, 6.45) is 10.5. The summed E-state index contributed by atoms with van der Waals surface area (Å²) in [5.41, 5.74) is 11.1. The topological polar surface area (TPSA) is 52.0 Å². The van der Waals surface area contributed by atoms with Crippen LogP contribution in [-0.4, -0.2) is 12.1 Å². The van der Waals surface area contributed by atoms with Crippen LogP contribution in [0.5, 0.6) is 0 Å². The molecule has 0 bridgehead atoms. The zero-order valence-corrected chi connectivity index (χ0v) is 15.1. The predicted molar refractivity (Wildman–Crippen MR) is 52.9 cm³/mol. The zero-order chi connectivity index (χ0) is 8.81. The second-order valence-corrected chi connectivity index (χ2v) is 4.09. The summed E-state index contributed by atoms with van der Waals surface area (Å²) in [6.45, 7) is 0. The maximum absolute atomic E-state index is 5.53. The molecule has 0 aliphatic heterocycles. The Bertz CT molecular complexity index is 107. The van der Waals surface area contributed by atoms with Gasteiger partial charge >= 0.3 is 21.1 Å². The molecule has 17 heavy (non-hydrogen) atoms. The van der Waals surface area contributed by atoms with Crippen molar-refractivity contribution in [1.82, 2.24) is 0 Å². The molecular weight excluding hydrogens is 485 g/mol. The van der Waals surface area contributed by atoms with Crippen LogP contribution in [-0.2, 0) is 21.1 Å². The number of hydrogen-bond donors (Lipinski definition) is 2. The Morgan fingerprint density at radius 3 is 0.765 bits per heavy atom. The summed E-state index contributed by atoms with van der Waals surface area (Å²) in [7, 11) is 0. The molecular formula is C10H22Cl4N2Pt-2. The SMILES string of the molecule is NC1CCCC1.NC1CCCC1.[Cl-].[Cl-].[Cl-].[Cl-].[Pt+2]. The van der Waals surface area contributed by atoms with E-state index in [9.17, 15) is 0 Å². The quantitative estimate of drug-likeness (QED) is 0.343. The van der Waals surface area contributed by atoms with Gasteiger partial charge in [-0.25, -0.2) is 0 Å². The van der Waals surface area contributed by atoms with Crippen LogP contribution in [0, 0.1) is 0 Å². The minimum Gasteiger partial charge on any atom is -1.00 e. The summed E-state index contributed by atoms with van der Waals surface area (Å²) in [6, 6.07) is 1.09. The number of nitrogens with two attached hydrogens (primary N) is 2. The van der Waals surface area contributed by atoms with E-state index in [4.69, 9.17) is 11.5 Å². The van der Waals surface area contributed by atoms with Crippen LogP contribution < -0.4 is 61.1 Å². The maximum atomic E-state index is 5.53. The Labute approximate surface area is 145 Å². The van der Waals surface area contributed by atoms with E-state index >= 15 is 0 Å². The van der Waals surface area contributed by atoms with Crippen molar-refractivity contribution in [3.8, 4) is 0 Å². The summed E-state index contributed by atoms with van der Waals surface area (Å²) in [4.78, 5) is 0. The van der Waals surface area contributed by atoms with Gasteiger partial charge in [-0.05, 0) is 25.7 Å². The summed E-state index contributed by atoms with van der Waals surface area (Å²) >= 11 is 0. The van der Waals surface area contributed by atoms with Crippen molar-refractivity contribution in [2.75, 3.05) is 0 Å². The van der Waals surface area contributed by atoms with E-state index in [1.165, 1.54) is 51.4 Å². The molecule has 0 atom stereocenters. The molecule has 0 spiro atoms. The molecule has 4 N–H and O–H groups in total. The third-order valence-electron chi connectivity index (χ3n) is 2.80. The molecule has 0 aromatic carbocycles. The van der Waals surface area contributed by atoms with Crippen LogP contribution in [0.3, 0.4) is 0 Å². The molecule has 2 saturated carbocycles. The van der Waals surface area contributed by atoms with Gasteiger partial charge in [0, 0.05) is 12.1 Å². The number of hydrogen-bond acceptors (Lipinski definition) is 2. The van der Waals surface area contributed by atoms with Gasteiger partial charge in [-0.1, -0.05) is 25.7 Å². The van der Waals surface area contributed by atoms with E-state index in [0.29, 0.717) is 12.1 Å². The van der Waals surface area contributed by atoms with E-state index in [2.05, 4.69) is 0 Å². The minimum atomic E-state index is 0. The summed E-state index contributed by atoms with van der Waals surface area (Å²) < 4.78 is 0. The van der Waals surface area contributed by atoms with Gasteiger partial charge in [-0.15, -0.1) is 0 Å². The molecule has 2 aliphatic carbocycles. The van der Waals surface area contributed by atoms with Crippen molar-refractivity contribution < 1.29 is 70.7 Å². The van der Waals surface area contributed by atoms with E-state index < -0.39 is 0 Å². The molecule has 0 amide bonds. The average Bonchev–Trinajstić information content (AvgIpc) is 2.63. The van der Waals surface area contributed by atoms with Crippen molar-refractivity contribution in [3.63, 3.8) is 0 Å². The Balaban J connectivity index is -0.0000000436. The van der Waals surface area contributed by atoms with Gasteiger partial charge in [0.1, 0.15) is 0 Å². The number of halogens is 4. The molecule has 0 radical (unpaired) electrons. The fourth-order valence-electron chi connectivity index (χ4n) is 1.91. The van der Waals surface area contributed by atoms with Crippen molar-refractivity contribution in [1.29, 1.82) is 0 Å². The zero-order valence-electron chi connectivity index (χ0n) is 9.79. The van der Waals surface area contributed by atoms with Gasteiger partial charge in [0.25, 0.3) is 0 Å². The van der Waals surface area contributed by atoms with E-state index in [-0.39, 0.29) is 70.7 Å². The third-order valence-corrected chi connectivity index (χ3v) is 2.80. The van der Waals surface area contributed by atoms with Crippen LogP contribution in [0.2, 0.25) is 0 Å². The van der Waals surface area contributed by atoms with Crippen molar-refractivity contribution in [3.05, 3.63) is 0 Å². The largest absolute Gasteiger partial charge is 2.00 e. The fourth-order valence-corrected chi connectivity index (χ4v) is 1.91. The Kier molecular flexibility index (Phi) is 36.9. The van der Waals surface area contributed by atoms with E-state index in [1.54, 1.807) is 0 Å². The van der Waals surface area contributed by atoms with Gasteiger partial charge in [-0.3, -0.25) is 0 Å². The standard InChI is InChI=1S/2C5H11N.4ClH.Pt/c2*6-5-3-1-2-4-5;;;;;/h2*5H,1-4,6H2;4*1H;/q;;;;;;+2/p-4. The van der Waals surface area contributed by atoms with Crippen LogP contribution in [0.15, 0.2) is 0 Å². The Hall–Kier alpha value is 1.77. The third kappa shape index (κ3) is 17.8.